The van der Waals surface area contributed by atoms with E-state index in [-0.39, 0.29) is 0 Å². The van der Waals surface area contributed by atoms with Gasteiger partial charge in [-0.1, -0.05) is 67.6 Å². The van der Waals surface area contributed by atoms with Crippen molar-refractivity contribution in [2.24, 2.45) is 0 Å². The minimum Gasteiger partial charge on any atom is -0.0616 e. The summed E-state index contributed by atoms with van der Waals surface area (Å²) in [5, 5.41) is 2.67. The number of hydrogen-bond acceptors (Lipinski definition) is 0. The Morgan fingerprint density at radius 2 is 1.59 bits per heavy atom. The minimum absolute atomic E-state index is 0.459. The molecule has 0 aliphatic heterocycles. The lowest BCUT2D eigenvalue weighted by Crippen LogP contribution is -1.98. The molecule has 4 rings (SSSR count). The van der Waals surface area contributed by atoms with Gasteiger partial charge >= 0.3 is 0 Å². The number of rotatable bonds is 1. The second-order valence-electron chi connectivity index (χ2n) is 6.36. The van der Waals surface area contributed by atoms with Crippen LogP contribution in [0.15, 0.2) is 54.6 Å². The molecule has 0 spiro atoms. The monoisotopic (exact) mass is 284 g/mol. The first-order valence-electron chi connectivity index (χ1n) is 7.96. The zero-order chi connectivity index (χ0) is 15.3. The van der Waals surface area contributed by atoms with Crippen molar-refractivity contribution < 1.29 is 0 Å². The summed E-state index contributed by atoms with van der Waals surface area (Å²) in [7, 11) is 0. The van der Waals surface area contributed by atoms with Crippen LogP contribution in [0.4, 0.5) is 0 Å². The summed E-state index contributed by atoms with van der Waals surface area (Å²) in [4.78, 5) is 0. The fraction of sp³-hybridized carbons (Fsp3) is 0.182. The molecular formula is C22H20. The molecule has 0 saturated carbocycles. The lowest BCUT2D eigenvalue weighted by molar-refractivity contribution is 0.986. The number of aryl methyl sites for hydroxylation is 1. The van der Waals surface area contributed by atoms with Crippen LogP contribution >= 0.6 is 0 Å². The van der Waals surface area contributed by atoms with Crippen LogP contribution in [0.3, 0.4) is 0 Å². The fourth-order valence-electron chi connectivity index (χ4n) is 3.80. The van der Waals surface area contributed by atoms with Crippen molar-refractivity contribution in [3.63, 3.8) is 0 Å². The molecule has 0 fully saturated rings. The molecule has 0 N–H and O–H groups in total. The van der Waals surface area contributed by atoms with E-state index in [2.05, 4.69) is 81.4 Å². The molecule has 0 saturated heterocycles. The second kappa shape index (κ2) is 4.84. The zero-order valence-electron chi connectivity index (χ0n) is 13.4. The Hall–Kier alpha value is -2.34. The standard InChI is InChI=1S/C22H20/c1-14-11-12-18-13-21(16(3)22(18)15(14)2)20-10-6-8-17-7-4-5-9-19(17)20/h4-13,16H,1-3H3. The molecule has 3 aromatic rings. The molecule has 0 heterocycles. The van der Waals surface area contributed by atoms with Crippen LogP contribution in [0.2, 0.25) is 0 Å². The first-order valence-corrected chi connectivity index (χ1v) is 7.96. The highest BCUT2D eigenvalue weighted by molar-refractivity contribution is 6.01. The Balaban J connectivity index is 1.93. The highest BCUT2D eigenvalue weighted by Gasteiger charge is 2.25. The van der Waals surface area contributed by atoms with Crippen LogP contribution in [0.5, 0.6) is 0 Å². The van der Waals surface area contributed by atoms with Gasteiger partial charge in [-0.3, -0.25) is 0 Å². The predicted octanol–water partition coefficient (Wildman–Crippen LogP) is 6.11. The van der Waals surface area contributed by atoms with E-state index >= 15 is 0 Å². The maximum Gasteiger partial charge on any atom is 0.00760 e. The summed E-state index contributed by atoms with van der Waals surface area (Å²) in [6.07, 6.45) is 2.38. The highest BCUT2D eigenvalue weighted by atomic mass is 14.3. The number of benzene rings is 3. The quantitative estimate of drug-likeness (QED) is 0.505. The first-order chi connectivity index (χ1) is 10.7. The van der Waals surface area contributed by atoms with E-state index in [0.717, 1.165) is 0 Å². The third kappa shape index (κ3) is 1.84. The molecule has 1 aliphatic carbocycles. The van der Waals surface area contributed by atoms with Crippen molar-refractivity contribution in [1.29, 1.82) is 0 Å². The zero-order valence-corrected chi connectivity index (χ0v) is 13.4. The van der Waals surface area contributed by atoms with Gasteiger partial charge in [0.15, 0.2) is 0 Å². The highest BCUT2D eigenvalue weighted by Crippen LogP contribution is 2.45. The summed E-state index contributed by atoms with van der Waals surface area (Å²) >= 11 is 0. The molecule has 0 heteroatoms. The van der Waals surface area contributed by atoms with Crippen molar-refractivity contribution >= 4 is 22.4 Å². The number of fused-ring (bicyclic) bond motifs is 2. The van der Waals surface area contributed by atoms with Gasteiger partial charge in [-0.15, -0.1) is 0 Å². The van der Waals surface area contributed by atoms with Crippen molar-refractivity contribution in [1.82, 2.24) is 0 Å². The van der Waals surface area contributed by atoms with Gasteiger partial charge in [0.2, 0.25) is 0 Å². The lowest BCUT2D eigenvalue weighted by Gasteiger charge is -2.16. The summed E-state index contributed by atoms with van der Waals surface area (Å²) < 4.78 is 0. The molecule has 1 aliphatic rings. The van der Waals surface area contributed by atoms with Crippen LogP contribution in [-0.4, -0.2) is 0 Å². The summed E-state index contributed by atoms with van der Waals surface area (Å²) in [6, 6.07) is 19.8. The van der Waals surface area contributed by atoms with Gasteiger partial charge < -0.3 is 0 Å². The molecule has 0 aromatic heterocycles. The molecule has 0 nitrogen and oxygen atoms in total. The maximum atomic E-state index is 2.38. The molecule has 1 atom stereocenters. The fourth-order valence-corrected chi connectivity index (χ4v) is 3.80. The topological polar surface area (TPSA) is 0 Å². The van der Waals surface area contributed by atoms with Gasteiger partial charge in [-0.2, -0.15) is 0 Å². The Bertz CT molecular complexity index is 907. The van der Waals surface area contributed by atoms with E-state index in [9.17, 15) is 0 Å². The number of hydrogen-bond donors (Lipinski definition) is 0. The van der Waals surface area contributed by atoms with E-state index in [1.54, 1.807) is 0 Å². The van der Waals surface area contributed by atoms with Crippen LogP contribution in [0, 0.1) is 13.8 Å². The average molecular weight is 284 g/mol. The van der Waals surface area contributed by atoms with Gasteiger partial charge in [0.05, 0.1) is 0 Å². The van der Waals surface area contributed by atoms with Gasteiger partial charge in [0, 0.05) is 5.92 Å². The summed E-state index contributed by atoms with van der Waals surface area (Å²) in [5.74, 6) is 0.459. The molecular weight excluding hydrogens is 264 g/mol. The lowest BCUT2D eigenvalue weighted by atomic mass is 9.87. The Kier molecular flexibility index (Phi) is 2.94. The van der Waals surface area contributed by atoms with Crippen LogP contribution < -0.4 is 0 Å². The SMILES string of the molecule is Cc1ccc2c(c1C)C(C)C(c1cccc3ccccc13)=C2. The van der Waals surface area contributed by atoms with E-state index < -0.39 is 0 Å². The van der Waals surface area contributed by atoms with E-state index in [1.165, 1.54) is 44.2 Å². The number of allylic oxidation sites excluding steroid dienone is 1. The molecule has 3 aromatic carbocycles. The van der Waals surface area contributed by atoms with Crippen LogP contribution in [0.25, 0.3) is 22.4 Å². The molecule has 0 amide bonds. The Labute approximate surface area is 132 Å². The second-order valence-corrected chi connectivity index (χ2v) is 6.36. The van der Waals surface area contributed by atoms with Gasteiger partial charge in [0.1, 0.15) is 0 Å². The molecule has 1 unspecified atom stereocenters. The third-order valence-electron chi connectivity index (χ3n) is 5.13. The smallest absolute Gasteiger partial charge is 0.00760 e. The Morgan fingerprint density at radius 1 is 0.818 bits per heavy atom. The first kappa shape index (κ1) is 13.3. The maximum absolute atomic E-state index is 2.38. The predicted molar refractivity (Wildman–Crippen MR) is 96.2 cm³/mol. The minimum atomic E-state index is 0.459. The van der Waals surface area contributed by atoms with Gasteiger partial charge in [0.25, 0.3) is 0 Å². The van der Waals surface area contributed by atoms with Crippen molar-refractivity contribution in [2.75, 3.05) is 0 Å². The van der Waals surface area contributed by atoms with E-state index in [1.807, 2.05) is 0 Å². The van der Waals surface area contributed by atoms with Gasteiger partial charge in [-0.05, 0) is 58.0 Å². The van der Waals surface area contributed by atoms with Crippen LogP contribution in [0.1, 0.15) is 40.7 Å². The van der Waals surface area contributed by atoms with Gasteiger partial charge in [-0.25, -0.2) is 0 Å². The largest absolute Gasteiger partial charge is 0.0616 e. The van der Waals surface area contributed by atoms with Crippen molar-refractivity contribution in [3.8, 4) is 0 Å². The normalized spacial score (nSPS) is 16.7. The molecule has 22 heavy (non-hydrogen) atoms. The summed E-state index contributed by atoms with van der Waals surface area (Å²) in [6.45, 7) is 6.80. The van der Waals surface area contributed by atoms with Crippen LogP contribution in [-0.2, 0) is 0 Å². The van der Waals surface area contributed by atoms with Crippen molar-refractivity contribution in [3.05, 3.63) is 82.4 Å². The third-order valence-corrected chi connectivity index (χ3v) is 5.13. The average Bonchev–Trinajstić information content (AvgIpc) is 2.88. The molecule has 108 valence electrons. The summed E-state index contributed by atoms with van der Waals surface area (Å²) in [5.41, 5.74) is 8.54. The van der Waals surface area contributed by atoms with Crippen molar-refractivity contribution in [2.45, 2.75) is 26.7 Å². The molecule has 0 bridgehead atoms. The van der Waals surface area contributed by atoms with E-state index in [0.29, 0.717) is 5.92 Å². The Morgan fingerprint density at radius 3 is 2.45 bits per heavy atom. The van der Waals surface area contributed by atoms with E-state index in [4.69, 9.17) is 0 Å². The molecule has 0 radical (unpaired) electrons.